The predicted molar refractivity (Wildman–Crippen MR) is 72.2 cm³/mol. The molecule has 3 nitrogen and oxygen atoms in total. The lowest BCUT2D eigenvalue weighted by Crippen LogP contribution is -2.52. The van der Waals surface area contributed by atoms with Crippen molar-refractivity contribution >= 4 is 6.03 Å². The Balaban J connectivity index is 1.56. The van der Waals surface area contributed by atoms with E-state index in [2.05, 4.69) is 17.2 Å². The third kappa shape index (κ3) is 2.27. The lowest BCUT2D eigenvalue weighted by Gasteiger charge is -2.56. The second-order valence-corrected chi connectivity index (χ2v) is 6.77. The molecule has 4 rings (SSSR count). The van der Waals surface area contributed by atoms with E-state index in [9.17, 15) is 4.79 Å². The average molecular weight is 248 g/mol. The maximum Gasteiger partial charge on any atom is 0.315 e. The number of carbonyl (C=O) groups is 1. The molecule has 0 heterocycles. The fraction of sp³-hybridized carbons (Fsp3) is 0.800. The van der Waals surface area contributed by atoms with Gasteiger partial charge in [0.05, 0.1) is 0 Å². The number of nitrogens with one attached hydrogen (secondary N) is 2. The highest BCUT2D eigenvalue weighted by molar-refractivity contribution is 5.74. The summed E-state index contributed by atoms with van der Waals surface area (Å²) in [4.78, 5) is 11.6. The Bertz CT molecular complexity index is 315. The van der Waals surface area contributed by atoms with Crippen LogP contribution in [0.15, 0.2) is 12.7 Å². The smallest absolute Gasteiger partial charge is 0.315 e. The topological polar surface area (TPSA) is 41.1 Å². The van der Waals surface area contributed by atoms with E-state index >= 15 is 0 Å². The van der Waals surface area contributed by atoms with Crippen LogP contribution in [0.4, 0.5) is 4.79 Å². The van der Waals surface area contributed by atoms with Gasteiger partial charge in [0.15, 0.2) is 0 Å². The molecule has 4 aliphatic carbocycles. The van der Waals surface area contributed by atoms with Crippen LogP contribution in [0.5, 0.6) is 0 Å². The van der Waals surface area contributed by atoms with Crippen LogP contribution in [-0.2, 0) is 0 Å². The van der Waals surface area contributed by atoms with Gasteiger partial charge in [-0.25, -0.2) is 4.79 Å². The zero-order valence-electron chi connectivity index (χ0n) is 11.1. The number of carbonyl (C=O) groups excluding carboxylic acids is 1. The Kier molecular flexibility index (Phi) is 3.08. The molecule has 3 heteroatoms. The van der Waals surface area contributed by atoms with Crippen molar-refractivity contribution in [2.45, 2.75) is 38.5 Å². The van der Waals surface area contributed by atoms with E-state index in [1.807, 2.05) is 0 Å². The minimum atomic E-state index is -0.0364. The first-order valence-corrected chi connectivity index (χ1v) is 7.32. The van der Waals surface area contributed by atoms with E-state index in [0.29, 0.717) is 12.0 Å². The number of hydrogen-bond donors (Lipinski definition) is 2. The summed E-state index contributed by atoms with van der Waals surface area (Å²) in [5.41, 5.74) is 0.431. The van der Waals surface area contributed by atoms with Gasteiger partial charge in [-0.15, -0.1) is 6.58 Å². The van der Waals surface area contributed by atoms with Crippen molar-refractivity contribution in [2.75, 3.05) is 13.1 Å². The van der Waals surface area contributed by atoms with Crippen LogP contribution >= 0.6 is 0 Å². The van der Waals surface area contributed by atoms with Crippen LogP contribution in [0, 0.1) is 23.2 Å². The third-order valence-electron chi connectivity index (χ3n) is 5.20. The standard InChI is InChI=1S/C15H24N2O/c1-2-3-16-14(18)17-10-15-7-11-4-12(8-15)6-13(5-11)9-15/h2,11-13H,1,3-10H2,(H2,16,17,18). The largest absolute Gasteiger partial charge is 0.338 e. The van der Waals surface area contributed by atoms with Crippen molar-refractivity contribution in [2.24, 2.45) is 23.2 Å². The number of rotatable bonds is 4. The molecule has 0 unspecified atom stereocenters. The normalized spacial score (nSPS) is 40.6. The van der Waals surface area contributed by atoms with E-state index in [0.717, 1.165) is 24.3 Å². The molecular formula is C15H24N2O. The van der Waals surface area contributed by atoms with Crippen molar-refractivity contribution < 1.29 is 4.79 Å². The summed E-state index contributed by atoms with van der Waals surface area (Å²) in [6, 6.07) is -0.0364. The Hall–Kier alpha value is -0.990. The Morgan fingerprint density at radius 2 is 1.67 bits per heavy atom. The summed E-state index contributed by atoms with van der Waals surface area (Å²) in [7, 11) is 0. The maximum atomic E-state index is 11.6. The SMILES string of the molecule is C=CCNC(=O)NCC12CC3CC(CC(C3)C1)C2. The molecular weight excluding hydrogens is 224 g/mol. The van der Waals surface area contributed by atoms with Gasteiger partial charge >= 0.3 is 6.03 Å². The molecule has 2 N–H and O–H groups in total. The molecule has 0 spiro atoms. The molecule has 4 saturated carbocycles. The van der Waals surface area contributed by atoms with Crippen LogP contribution in [0.3, 0.4) is 0 Å². The lowest BCUT2D eigenvalue weighted by molar-refractivity contribution is -0.0498. The molecule has 4 aliphatic rings. The van der Waals surface area contributed by atoms with Gasteiger partial charge in [0, 0.05) is 13.1 Å². The molecule has 0 atom stereocenters. The molecule has 0 aromatic rings. The predicted octanol–water partition coefficient (Wildman–Crippen LogP) is 2.69. The highest BCUT2D eigenvalue weighted by Crippen LogP contribution is 2.59. The summed E-state index contributed by atoms with van der Waals surface area (Å²) in [6.07, 6.45) is 10.1. The second-order valence-electron chi connectivity index (χ2n) is 6.77. The van der Waals surface area contributed by atoms with Crippen LogP contribution < -0.4 is 10.6 Å². The maximum absolute atomic E-state index is 11.6. The van der Waals surface area contributed by atoms with Gasteiger partial charge in [-0.05, 0) is 61.7 Å². The van der Waals surface area contributed by atoms with Gasteiger partial charge in [-0.2, -0.15) is 0 Å². The van der Waals surface area contributed by atoms with Crippen molar-refractivity contribution in [3.8, 4) is 0 Å². The van der Waals surface area contributed by atoms with Crippen LogP contribution in [0.25, 0.3) is 0 Å². The molecule has 0 aromatic carbocycles. The summed E-state index contributed by atoms with van der Waals surface area (Å²) in [5.74, 6) is 2.86. The van der Waals surface area contributed by atoms with E-state index in [-0.39, 0.29) is 6.03 Å². The highest BCUT2D eigenvalue weighted by Gasteiger charge is 2.50. The van der Waals surface area contributed by atoms with E-state index in [1.54, 1.807) is 6.08 Å². The third-order valence-corrected chi connectivity index (χ3v) is 5.20. The molecule has 0 aliphatic heterocycles. The fourth-order valence-corrected chi connectivity index (χ4v) is 5.00. The first kappa shape index (κ1) is 12.1. The van der Waals surface area contributed by atoms with Crippen molar-refractivity contribution in [3.63, 3.8) is 0 Å². The second kappa shape index (κ2) is 4.60. The molecule has 100 valence electrons. The van der Waals surface area contributed by atoms with Gasteiger partial charge in [-0.3, -0.25) is 0 Å². The van der Waals surface area contributed by atoms with E-state index in [4.69, 9.17) is 0 Å². The summed E-state index contributed by atoms with van der Waals surface area (Å²) in [6.45, 7) is 5.03. The molecule has 2 amide bonds. The van der Waals surface area contributed by atoms with Gasteiger partial charge in [0.1, 0.15) is 0 Å². The first-order chi connectivity index (χ1) is 8.69. The van der Waals surface area contributed by atoms with Gasteiger partial charge in [0.25, 0.3) is 0 Å². The van der Waals surface area contributed by atoms with Gasteiger partial charge < -0.3 is 10.6 Å². The Labute approximate surface area is 109 Å². The van der Waals surface area contributed by atoms with Crippen molar-refractivity contribution in [3.05, 3.63) is 12.7 Å². The number of hydrogen-bond acceptors (Lipinski definition) is 1. The zero-order valence-corrected chi connectivity index (χ0v) is 11.1. The molecule has 4 bridgehead atoms. The van der Waals surface area contributed by atoms with E-state index < -0.39 is 0 Å². The van der Waals surface area contributed by atoms with E-state index in [1.165, 1.54) is 38.5 Å². The van der Waals surface area contributed by atoms with Gasteiger partial charge in [-0.1, -0.05) is 6.08 Å². The quantitative estimate of drug-likeness (QED) is 0.738. The van der Waals surface area contributed by atoms with Crippen molar-refractivity contribution in [1.29, 1.82) is 0 Å². The molecule has 0 aromatic heterocycles. The number of amides is 2. The lowest BCUT2D eigenvalue weighted by atomic mass is 9.49. The van der Waals surface area contributed by atoms with Crippen LogP contribution in [0.1, 0.15) is 38.5 Å². The minimum Gasteiger partial charge on any atom is -0.338 e. The molecule has 18 heavy (non-hydrogen) atoms. The summed E-state index contributed by atoms with van der Waals surface area (Å²) >= 11 is 0. The Morgan fingerprint density at radius 1 is 1.11 bits per heavy atom. The molecule has 0 radical (unpaired) electrons. The molecule has 0 saturated heterocycles. The summed E-state index contributed by atoms with van der Waals surface area (Å²) in [5, 5.41) is 5.87. The zero-order chi connectivity index (χ0) is 12.6. The minimum absolute atomic E-state index is 0.0364. The summed E-state index contributed by atoms with van der Waals surface area (Å²) < 4.78 is 0. The Morgan fingerprint density at radius 3 is 2.17 bits per heavy atom. The van der Waals surface area contributed by atoms with Crippen LogP contribution in [-0.4, -0.2) is 19.1 Å². The van der Waals surface area contributed by atoms with Crippen LogP contribution in [0.2, 0.25) is 0 Å². The molecule has 4 fully saturated rings. The number of urea groups is 1. The highest BCUT2D eigenvalue weighted by atomic mass is 16.2. The average Bonchev–Trinajstić information content (AvgIpc) is 2.32. The monoisotopic (exact) mass is 248 g/mol. The fourth-order valence-electron chi connectivity index (χ4n) is 5.00. The first-order valence-electron chi connectivity index (χ1n) is 7.32. The van der Waals surface area contributed by atoms with Crippen molar-refractivity contribution in [1.82, 2.24) is 10.6 Å². The van der Waals surface area contributed by atoms with Gasteiger partial charge in [0.2, 0.25) is 0 Å².